The Kier molecular flexibility index (Phi) is 4.26. The number of hydrogen-bond donors (Lipinski definition) is 0. The third-order valence-electron chi connectivity index (χ3n) is 3.88. The lowest BCUT2D eigenvalue weighted by molar-refractivity contribution is -0.129. The molecule has 4 rings (SSSR count). The van der Waals surface area contributed by atoms with Crippen LogP contribution in [0.3, 0.4) is 0 Å². The van der Waals surface area contributed by atoms with Crippen LogP contribution in [0.5, 0.6) is 17.2 Å². The minimum Gasteiger partial charge on any atom is -0.496 e. The van der Waals surface area contributed by atoms with Crippen molar-refractivity contribution in [1.82, 2.24) is 0 Å². The highest BCUT2D eigenvalue weighted by molar-refractivity contribution is 6.32. The molecule has 7 heteroatoms. The Morgan fingerprint density at radius 2 is 2.00 bits per heavy atom. The third-order valence-corrected chi connectivity index (χ3v) is 4.16. The second-order valence-electron chi connectivity index (χ2n) is 5.56. The summed E-state index contributed by atoms with van der Waals surface area (Å²) in [4.78, 5) is 16.5. The molecule has 2 aromatic carbocycles. The van der Waals surface area contributed by atoms with Crippen molar-refractivity contribution in [3.63, 3.8) is 0 Å². The van der Waals surface area contributed by atoms with Crippen molar-refractivity contribution in [2.24, 2.45) is 4.99 Å². The van der Waals surface area contributed by atoms with Crippen LogP contribution < -0.4 is 14.2 Å². The fourth-order valence-electron chi connectivity index (χ4n) is 2.72. The molecule has 0 saturated heterocycles. The van der Waals surface area contributed by atoms with Gasteiger partial charge in [0.05, 0.1) is 17.7 Å². The number of methoxy groups -OCH3 is 1. The second-order valence-corrected chi connectivity index (χ2v) is 5.97. The zero-order valence-corrected chi connectivity index (χ0v) is 14.6. The summed E-state index contributed by atoms with van der Waals surface area (Å²) in [6.45, 7) is 0.896. The van der Waals surface area contributed by atoms with Gasteiger partial charge in [-0.2, -0.15) is 0 Å². The van der Waals surface area contributed by atoms with E-state index in [4.69, 9.17) is 30.5 Å². The Labute approximate surface area is 154 Å². The highest BCUT2D eigenvalue weighted by atomic mass is 35.5. The fourth-order valence-corrected chi connectivity index (χ4v) is 2.99. The highest BCUT2D eigenvalue weighted by Gasteiger charge is 2.26. The number of hydrogen-bond acceptors (Lipinski definition) is 6. The van der Waals surface area contributed by atoms with Gasteiger partial charge < -0.3 is 18.9 Å². The van der Waals surface area contributed by atoms with Crippen molar-refractivity contribution in [3.8, 4) is 17.2 Å². The average molecular weight is 372 g/mol. The van der Waals surface area contributed by atoms with Crippen LogP contribution in [0.2, 0.25) is 5.02 Å². The van der Waals surface area contributed by atoms with E-state index in [1.54, 1.807) is 37.5 Å². The van der Waals surface area contributed by atoms with Crippen molar-refractivity contribution in [3.05, 3.63) is 58.2 Å². The molecule has 0 spiro atoms. The van der Waals surface area contributed by atoms with E-state index in [1.807, 2.05) is 12.1 Å². The number of esters is 1. The van der Waals surface area contributed by atoms with E-state index < -0.39 is 5.97 Å². The van der Waals surface area contributed by atoms with Crippen molar-refractivity contribution >= 4 is 29.5 Å². The zero-order valence-electron chi connectivity index (χ0n) is 13.8. The Morgan fingerprint density at radius 1 is 1.19 bits per heavy atom. The van der Waals surface area contributed by atoms with E-state index in [0.717, 1.165) is 0 Å². The lowest BCUT2D eigenvalue weighted by Crippen LogP contribution is -2.15. The number of ether oxygens (including phenoxy) is 4. The molecule has 0 bridgehead atoms. The first-order valence-electron chi connectivity index (χ1n) is 7.91. The smallest absolute Gasteiger partial charge is 0.363 e. The standard InChI is InChI=1S/C19H14ClNO5/c1-23-15-5-3-2-4-12(15)18-21-14(19(22)26-18)9-11-8-13(20)17-16(10-11)24-6-7-25-17/h2-5,8-10H,6-7H2,1H3/b14-9+. The second kappa shape index (κ2) is 6.72. The van der Waals surface area contributed by atoms with Crippen LogP contribution in [0.1, 0.15) is 11.1 Å². The topological polar surface area (TPSA) is 66.3 Å². The van der Waals surface area contributed by atoms with Crippen molar-refractivity contribution in [1.29, 1.82) is 0 Å². The van der Waals surface area contributed by atoms with Crippen LogP contribution >= 0.6 is 11.6 Å². The summed E-state index contributed by atoms with van der Waals surface area (Å²) in [5.74, 6) is 1.27. The lowest BCUT2D eigenvalue weighted by atomic mass is 10.1. The molecular formula is C19H14ClNO5. The van der Waals surface area contributed by atoms with Crippen LogP contribution in [0.4, 0.5) is 0 Å². The largest absolute Gasteiger partial charge is 0.496 e. The summed E-state index contributed by atoms with van der Waals surface area (Å²) in [5, 5.41) is 0.411. The number of aliphatic imine (C=N–C) groups is 1. The van der Waals surface area contributed by atoms with Gasteiger partial charge >= 0.3 is 5.97 Å². The normalized spacial score (nSPS) is 17.1. The van der Waals surface area contributed by atoms with Crippen molar-refractivity contribution in [2.75, 3.05) is 20.3 Å². The number of halogens is 1. The first kappa shape index (κ1) is 16.5. The predicted octanol–water partition coefficient (Wildman–Crippen LogP) is 3.46. The van der Waals surface area contributed by atoms with E-state index in [2.05, 4.69) is 4.99 Å². The van der Waals surface area contributed by atoms with Gasteiger partial charge in [-0.15, -0.1) is 0 Å². The van der Waals surface area contributed by atoms with E-state index in [1.165, 1.54) is 0 Å². The van der Waals surface area contributed by atoms with Crippen molar-refractivity contribution in [2.45, 2.75) is 0 Å². The van der Waals surface area contributed by atoms with Gasteiger partial charge in [-0.1, -0.05) is 23.7 Å². The molecule has 0 aliphatic carbocycles. The monoisotopic (exact) mass is 371 g/mol. The first-order valence-corrected chi connectivity index (χ1v) is 8.28. The molecule has 6 nitrogen and oxygen atoms in total. The lowest BCUT2D eigenvalue weighted by Gasteiger charge is -2.19. The van der Waals surface area contributed by atoms with E-state index in [-0.39, 0.29) is 11.6 Å². The van der Waals surface area contributed by atoms with Crippen LogP contribution in [-0.4, -0.2) is 32.2 Å². The molecule has 0 unspecified atom stereocenters. The van der Waals surface area contributed by atoms with Gasteiger partial charge in [0, 0.05) is 0 Å². The molecule has 0 aromatic heterocycles. The maximum Gasteiger partial charge on any atom is 0.363 e. The molecular weight excluding hydrogens is 358 g/mol. The third kappa shape index (κ3) is 2.99. The molecule has 2 aliphatic heterocycles. The summed E-state index contributed by atoms with van der Waals surface area (Å²) in [5.41, 5.74) is 1.43. The van der Waals surface area contributed by atoms with Gasteiger partial charge in [0.15, 0.2) is 17.2 Å². The van der Waals surface area contributed by atoms with Gasteiger partial charge in [0.2, 0.25) is 5.90 Å². The number of fused-ring (bicyclic) bond motifs is 1. The molecule has 132 valence electrons. The quantitative estimate of drug-likeness (QED) is 0.610. The molecule has 2 aliphatic rings. The number of nitrogens with zero attached hydrogens (tertiary/aromatic N) is 1. The molecule has 0 N–H and O–H groups in total. The maximum atomic E-state index is 12.2. The Bertz CT molecular complexity index is 951. The van der Waals surface area contributed by atoms with Crippen LogP contribution in [0, 0.1) is 0 Å². The SMILES string of the molecule is COc1ccccc1C1=N/C(=C/c2cc(Cl)c3c(c2)OCCO3)C(=O)O1. The minimum atomic E-state index is -0.545. The molecule has 2 heterocycles. The number of cyclic esters (lactones) is 1. The zero-order chi connectivity index (χ0) is 18.1. The van der Waals surface area contributed by atoms with Crippen molar-refractivity contribution < 1.29 is 23.7 Å². The van der Waals surface area contributed by atoms with E-state index >= 15 is 0 Å². The first-order chi connectivity index (χ1) is 12.7. The molecule has 26 heavy (non-hydrogen) atoms. The Balaban J connectivity index is 1.70. The van der Waals surface area contributed by atoms with Crippen LogP contribution in [-0.2, 0) is 9.53 Å². The molecule has 0 fully saturated rings. The molecule has 2 aromatic rings. The minimum absolute atomic E-state index is 0.165. The number of para-hydroxylation sites is 1. The predicted molar refractivity (Wildman–Crippen MR) is 96.0 cm³/mol. The molecule has 0 radical (unpaired) electrons. The summed E-state index contributed by atoms with van der Waals surface area (Å²) >= 11 is 6.23. The number of rotatable bonds is 3. The summed E-state index contributed by atoms with van der Waals surface area (Å²) in [6.07, 6.45) is 1.59. The maximum absolute atomic E-state index is 12.2. The number of carbonyl (C=O) groups is 1. The van der Waals surface area contributed by atoms with E-state index in [0.29, 0.717) is 46.6 Å². The van der Waals surface area contributed by atoms with Gasteiger partial charge in [0.1, 0.15) is 19.0 Å². The van der Waals surface area contributed by atoms with Gasteiger partial charge in [-0.3, -0.25) is 0 Å². The summed E-state index contributed by atoms with van der Waals surface area (Å²) < 4.78 is 21.6. The summed E-state index contributed by atoms with van der Waals surface area (Å²) in [7, 11) is 1.55. The summed E-state index contributed by atoms with van der Waals surface area (Å²) in [6, 6.07) is 10.6. The van der Waals surface area contributed by atoms with Crippen LogP contribution in [0.15, 0.2) is 47.1 Å². The van der Waals surface area contributed by atoms with Gasteiger partial charge in [-0.05, 0) is 35.9 Å². The van der Waals surface area contributed by atoms with Crippen LogP contribution in [0.25, 0.3) is 6.08 Å². The van der Waals surface area contributed by atoms with Gasteiger partial charge in [0.25, 0.3) is 0 Å². The Morgan fingerprint density at radius 3 is 2.85 bits per heavy atom. The molecule has 0 saturated carbocycles. The number of carbonyl (C=O) groups excluding carboxylic acids is 1. The fraction of sp³-hybridized carbons (Fsp3) is 0.158. The average Bonchev–Trinajstić information content (AvgIpc) is 3.02. The molecule has 0 atom stereocenters. The number of benzene rings is 2. The molecule has 0 amide bonds. The Hall–Kier alpha value is -2.99. The van der Waals surface area contributed by atoms with Gasteiger partial charge in [-0.25, -0.2) is 9.79 Å². The highest BCUT2D eigenvalue weighted by Crippen LogP contribution is 2.39. The van der Waals surface area contributed by atoms with E-state index in [9.17, 15) is 4.79 Å².